The minimum absolute atomic E-state index is 0.0565. The summed E-state index contributed by atoms with van der Waals surface area (Å²) in [6, 6.07) is 0.532. The minimum atomic E-state index is -3.89. The predicted octanol–water partition coefficient (Wildman–Crippen LogP) is 11.0. The topological polar surface area (TPSA) is 111 Å². The molecule has 6 heterocycles. The molecule has 0 aromatic heterocycles. The van der Waals surface area contributed by atoms with Crippen LogP contribution in [-0.2, 0) is 49.4 Å². The summed E-state index contributed by atoms with van der Waals surface area (Å²) in [7, 11) is -31.0. The zero-order valence-corrected chi connectivity index (χ0v) is 44.0. The van der Waals surface area contributed by atoms with Crippen molar-refractivity contribution in [1.29, 1.82) is 0 Å². The standard InChI is InChI=1S/C38H69ClO12Si8/c39-30-15-31-52-40-53(32-16-1-2-17-32)43-56(35-22-7-8-23-35)45-54(41-52,33-18-3-4-19-33)47-58(37-26-11-12-27-37)48-55(42-52,34-20-5-6-21-34)46-57(44-53,36-24-9-10-25-36)50-59(49-56,51-58)38-28-13-14-29-38/h32-38H,1-31H2. The van der Waals surface area contributed by atoms with E-state index in [0.717, 1.165) is 180 Å². The SMILES string of the molecule is ClCCC[Si]12O[Si]3(C4CCCC4)O[Si]4(C5CCCC5)O[Si](C5CCCC5)(O1)O[Si]1(C5CCCC5)O[Si](C5CCCC5)(O2)O[Si](C2CCCC2)(O3)O[Si](C2CCCC2)(O4)O1. The van der Waals surface area contributed by atoms with Crippen molar-refractivity contribution < 1.29 is 49.4 Å². The number of hydrogen-bond acceptors (Lipinski definition) is 12. The summed E-state index contributed by atoms with van der Waals surface area (Å²) in [6.07, 6.45) is 30.0. The minimum Gasteiger partial charge on any atom is -0.373 e. The monoisotopic (exact) mass is 976 g/mol. The Morgan fingerprint density at radius 3 is 0.610 bits per heavy atom. The van der Waals surface area contributed by atoms with Gasteiger partial charge in [0.05, 0.1) is 0 Å². The number of alkyl halides is 1. The van der Waals surface area contributed by atoms with Gasteiger partial charge in [0, 0.05) is 50.7 Å². The lowest BCUT2D eigenvalue weighted by Crippen LogP contribution is -2.90. The summed E-state index contributed by atoms with van der Waals surface area (Å²) in [6.45, 7) is 0. The summed E-state index contributed by atoms with van der Waals surface area (Å²) >= 11 is 6.72. The second kappa shape index (κ2) is 15.8. The zero-order valence-electron chi connectivity index (χ0n) is 35.2. The normalized spacial score (nSPS) is 49.4. The molecule has 13 rings (SSSR count). The molecular weight excluding hydrogens is 909 g/mol. The fourth-order valence-corrected chi connectivity index (χ4v) is 70.6. The van der Waals surface area contributed by atoms with Crippen LogP contribution in [-0.4, -0.2) is 76.3 Å². The summed E-state index contributed by atoms with van der Waals surface area (Å²) in [5, 5.41) is 0. The van der Waals surface area contributed by atoms with Crippen LogP contribution in [0, 0.1) is 0 Å². The van der Waals surface area contributed by atoms with Crippen molar-refractivity contribution in [2.45, 2.75) is 231 Å². The van der Waals surface area contributed by atoms with Crippen molar-refractivity contribution in [2.24, 2.45) is 0 Å². The molecule has 59 heavy (non-hydrogen) atoms. The molecule has 0 radical (unpaired) electrons. The third-order valence-electron chi connectivity index (χ3n) is 17.1. The number of hydrogen-bond donors (Lipinski definition) is 0. The van der Waals surface area contributed by atoms with Crippen LogP contribution in [0.1, 0.15) is 186 Å². The maximum Gasteiger partial charge on any atom is 0.482 e. The van der Waals surface area contributed by atoms with E-state index in [4.69, 9.17) is 61.0 Å². The molecular formula is C38H69ClO12Si8. The van der Waals surface area contributed by atoms with E-state index in [1.807, 2.05) is 0 Å². The van der Waals surface area contributed by atoms with Crippen molar-refractivity contribution in [1.82, 2.24) is 0 Å². The molecule has 6 saturated heterocycles. The summed E-state index contributed by atoms with van der Waals surface area (Å²) < 4.78 is 100. The van der Waals surface area contributed by atoms with Gasteiger partial charge in [-0.15, -0.1) is 11.6 Å². The molecule has 12 nitrogen and oxygen atoms in total. The Morgan fingerprint density at radius 2 is 0.441 bits per heavy atom. The Kier molecular flexibility index (Phi) is 11.3. The van der Waals surface area contributed by atoms with E-state index < -0.39 is 70.4 Å². The highest BCUT2D eigenvalue weighted by atomic mass is 35.5. The maximum atomic E-state index is 8.43. The van der Waals surface area contributed by atoms with Crippen LogP contribution in [0.25, 0.3) is 0 Å². The average Bonchev–Trinajstić information content (AvgIpc) is 4.07. The Balaban J connectivity index is 1.18. The zero-order chi connectivity index (χ0) is 39.4. The van der Waals surface area contributed by atoms with Gasteiger partial charge in [0.15, 0.2) is 0 Å². The smallest absolute Gasteiger partial charge is 0.373 e. The van der Waals surface area contributed by atoms with Gasteiger partial charge in [-0.2, -0.15) is 0 Å². The van der Waals surface area contributed by atoms with E-state index in [9.17, 15) is 0 Å². The van der Waals surface area contributed by atoms with E-state index >= 15 is 0 Å². The Bertz CT molecular complexity index is 1370. The summed E-state index contributed by atoms with van der Waals surface area (Å²) in [5.41, 5.74) is 0.466. The molecule has 13 fully saturated rings. The predicted molar refractivity (Wildman–Crippen MR) is 235 cm³/mol. The van der Waals surface area contributed by atoms with Gasteiger partial charge in [0.1, 0.15) is 0 Å². The van der Waals surface area contributed by atoms with Crippen molar-refractivity contribution in [3.63, 3.8) is 0 Å². The van der Waals surface area contributed by atoms with E-state index in [0.29, 0.717) is 18.3 Å². The first kappa shape index (κ1) is 41.9. The maximum absolute atomic E-state index is 8.43. The second-order valence-corrected chi connectivity index (χ2v) is 47.0. The fraction of sp³-hybridized carbons (Fsp3) is 1.00. The van der Waals surface area contributed by atoms with Gasteiger partial charge < -0.3 is 49.4 Å². The van der Waals surface area contributed by atoms with Gasteiger partial charge in [-0.05, 0) is 96.3 Å². The van der Waals surface area contributed by atoms with Crippen molar-refractivity contribution in [3.05, 3.63) is 0 Å². The van der Waals surface area contributed by atoms with Crippen LogP contribution in [0.15, 0.2) is 0 Å². The van der Waals surface area contributed by atoms with Crippen LogP contribution in [0.2, 0.25) is 44.8 Å². The molecule has 8 bridgehead atoms. The van der Waals surface area contributed by atoms with Gasteiger partial charge in [0.25, 0.3) is 0 Å². The Morgan fingerprint density at radius 1 is 0.271 bits per heavy atom. The van der Waals surface area contributed by atoms with Gasteiger partial charge in [-0.1, -0.05) is 89.9 Å². The molecule has 0 aromatic carbocycles. The first-order chi connectivity index (χ1) is 28.8. The molecule has 0 spiro atoms. The lowest BCUT2D eigenvalue weighted by molar-refractivity contribution is -0.0457. The van der Waals surface area contributed by atoms with Crippen molar-refractivity contribution >= 4 is 82.0 Å². The third kappa shape index (κ3) is 6.86. The van der Waals surface area contributed by atoms with Gasteiger partial charge in [0.2, 0.25) is 0 Å². The molecule has 6 aliphatic heterocycles. The first-order valence-corrected chi connectivity index (χ1v) is 39.8. The van der Waals surface area contributed by atoms with E-state index in [-0.39, 0.29) is 38.8 Å². The van der Waals surface area contributed by atoms with Crippen LogP contribution >= 0.6 is 11.6 Å². The van der Waals surface area contributed by atoms with Crippen molar-refractivity contribution in [3.8, 4) is 0 Å². The Labute approximate surface area is 366 Å². The molecule has 0 aromatic rings. The first-order valence-electron chi connectivity index (χ1n) is 24.8. The van der Waals surface area contributed by atoms with Gasteiger partial charge in [-0.25, -0.2) is 0 Å². The quantitative estimate of drug-likeness (QED) is 0.153. The highest BCUT2D eigenvalue weighted by molar-refractivity contribution is 7.04. The lowest BCUT2D eigenvalue weighted by Gasteiger charge is -2.66. The van der Waals surface area contributed by atoms with E-state index in [2.05, 4.69) is 0 Å². The largest absolute Gasteiger partial charge is 0.482 e. The molecule has 332 valence electrons. The fourth-order valence-electron chi connectivity index (χ4n) is 14.1. The van der Waals surface area contributed by atoms with Crippen molar-refractivity contribution in [2.75, 3.05) is 5.88 Å². The molecule has 21 heteroatoms. The molecule has 0 unspecified atom stereocenters. The van der Waals surface area contributed by atoms with Gasteiger partial charge >= 0.3 is 70.4 Å². The molecule has 7 aliphatic carbocycles. The van der Waals surface area contributed by atoms with E-state index in [1.165, 1.54) is 0 Å². The summed E-state index contributed by atoms with van der Waals surface area (Å²) in [5.74, 6) is 0.469. The molecule has 7 saturated carbocycles. The van der Waals surface area contributed by atoms with Crippen LogP contribution < -0.4 is 0 Å². The van der Waals surface area contributed by atoms with Gasteiger partial charge in [-0.3, -0.25) is 0 Å². The van der Waals surface area contributed by atoms with Crippen LogP contribution in [0.4, 0.5) is 0 Å². The van der Waals surface area contributed by atoms with E-state index in [1.54, 1.807) is 0 Å². The lowest BCUT2D eigenvalue weighted by atomic mass is 10.4. The molecule has 0 atom stereocenters. The van der Waals surface area contributed by atoms with Crippen LogP contribution in [0.5, 0.6) is 0 Å². The number of rotatable bonds is 10. The molecule has 0 N–H and O–H groups in total. The Hall–Kier alpha value is 1.55. The highest BCUT2D eigenvalue weighted by Crippen LogP contribution is 2.66. The molecule has 13 aliphatic rings. The third-order valence-corrected chi connectivity index (χ3v) is 57.0. The number of halogens is 1. The summed E-state index contributed by atoms with van der Waals surface area (Å²) in [4.78, 5) is 0. The average molecular weight is 978 g/mol. The molecule has 0 amide bonds. The second-order valence-electron chi connectivity index (χ2n) is 20.8. The highest BCUT2D eigenvalue weighted by Gasteiger charge is 2.88. The van der Waals surface area contributed by atoms with Crippen LogP contribution in [0.3, 0.4) is 0 Å².